The van der Waals surface area contributed by atoms with Gasteiger partial charge in [0.2, 0.25) is 11.8 Å². The van der Waals surface area contributed by atoms with Gasteiger partial charge in [-0.05, 0) is 36.4 Å². The lowest BCUT2D eigenvalue weighted by Crippen LogP contribution is -2.37. The lowest BCUT2D eigenvalue weighted by molar-refractivity contribution is -0.117. The van der Waals surface area contributed by atoms with Crippen LogP contribution in [0.25, 0.3) is 0 Å². The molecular weight excluding hydrogens is 374 g/mol. The zero-order chi connectivity index (χ0) is 19.3. The summed E-state index contributed by atoms with van der Waals surface area (Å²) >= 11 is 1.55. The van der Waals surface area contributed by atoms with E-state index in [1.165, 1.54) is 0 Å². The minimum Gasteiger partial charge on any atom is -0.378 e. The highest BCUT2D eigenvalue weighted by Crippen LogP contribution is 2.34. The number of nitrogens with zero attached hydrogens (tertiary/aromatic N) is 2. The number of amides is 2. The Hall–Kier alpha value is -2.51. The van der Waals surface area contributed by atoms with Crippen LogP contribution in [0.1, 0.15) is 6.42 Å². The van der Waals surface area contributed by atoms with Crippen LogP contribution in [0.4, 0.5) is 17.1 Å². The Morgan fingerprint density at radius 1 is 1.07 bits per heavy atom. The van der Waals surface area contributed by atoms with E-state index in [1.54, 1.807) is 16.7 Å². The van der Waals surface area contributed by atoms with Crippen molar-refractivity contribution in [3.05, 3.63) is 48.5 Å². The quantitative estimate of drug-likeness (QED) is 0.840. The Balaban J connectivity index is 1.33. The van der Waals surface area contributed by atoms with Gasteiger partial charge < -0.3 is 19.9 Å². The molecule has 0 aliphatic carbocycles. The van der Waals surface area contributed by atoms with Crippen LogP contribution in [0.5, 0.6) is 0 Å². The van der Waals surface area contributed by atoms with Gasteiger partial charge in [-0.3, -0.25) is 9.59 Å². The van der Waals surface area contributed by atoms with Gasteiger partial charge in [0.05, 0.1) is 24.7 Å². The van der Waals surface area contributed by atoms with Crippen LogP contribution in [0.2, 0.25) is 0 Å². The predicted octanol–water partition coefficient (Wildman–Crippen LogP) is 2.99. The molecule has 1 N–H and O–H groups in total. The molecule has 0 bridgehead atoms. The number of benzene rings is 2. The molecule has 1 saturated heterocycles. The molecule has 2 heterocycles. The Kier molecular flexibility index (Phi) is 5.83. The first-order valence-corrected chi connectivity index (χ1v) is 10.4. The Bertz CT molecular complexity index is 850. The third-order valence-electron chi connectivity index (χ3n) is 4.90. The molecule has 4 rings (SSSR count). The molecule has 2 aromatic carbocycles. The van der Waals surface area contributed by atoms with E-state index in [1.807, 2.05) is 48.5 Å². The maximum Gasteiger partial charge on any atom is 0.237 e. The van der Waals surface area contributed by atoms with Crippen molar-refractivity contribution in [1.82, 2.24) is 0 Å². The van der Waals surface area contributed by atoms with Crippen LogP contribution in [0.15, 0.2) is 53.4 Å². The van der Waals surface area contributed by atoms with Crippen LogP contribution in [0.3, 0.4) is 0 Å². The summed E-state index contributed by atoms with van der Waals surface area (Å²) in [5, 5.41) is 2.93. The molecule has 146 valence electrons. The third kappa shape index (κ3) is 4.31. The second kappa shape index (κ2) is 8.67. The van der Waals surface area contributed by atoms with Gasteiger partial charge in [-0.25, -0.2) is 0 Å². The van der Waals surface area contributed by atoms with Gasteiger partial charge in [0.1, 0.15) is 0 Å². The van der Waals surface area contributed by atoms with E-state index in [0.717, 1.165) is 48.3 Å². The van der Waals surface area contributed by atoms with Gasteiger partial charge in [0.25, 0.3) is 0 Å². The summed E-state index contributed by atoms with van der Waals surface area (Å²) in [4.78, 5) is 29.7. The fourth-order valence-electron chi connectivity index (χ4n) is 3.41. The van der Waals surface area contributed by atoms with E-state index in [0.29, 0.717) is 12.3 Å². The molecule has 0 spiro atoms. The first kappa shape index (κ1) is 18.8. The Labute approximate surface area is 168 Å². The average Bonchev–Trinajstić information content (AvgIpc) is 2.74. The summed E-state index contributed by atoms with van der Waals surface area (Å²) < 4.78 is 5.38. The number of rotatable bonds is 5. The van der Waals surface area contributed by atoms with Crippen LogP contribution in [-0.2, 0) is 14.3 Å². The van der Waals surface area contributed by atoms with E-state index < -0.39 is 0 Å². The molecule has 0 atom stereocenters. The van der Waals surface area contributed by atoms with Crippen molar-refractivity contribution >= 4 is 40.6 Å². The van der Waals surface area contributed by atoms with Crippen LogP contribution < -0.4 is 15.1 Å². The Morgan fingerprint density at radius 2 is 1.82 bits per heavy atom. The topological polar surface area (TPSA) is 61.9 Å². The molecule has 0 aromatic heterocycles. The SMILES string of the molecule is O=C(CCN1C(=O)CSc2ccccc21)Nc1ccc(N2CCOCC2)cc1. The molecule has 0 radical (unpaired) electrons. The zero-order valence-corrected chi connectivity index (χ0v) is 16.4. The molecule has 2 aliphatic rings. The van der Waals surface area contributed by atoms with E-state index in [2.05, 4.69) is 10.2 Å². The van der Waals surface area contributed by atoms with Crippen molar-refractivity contribution < 1.29 is 14.3 Å². The number of anilines is 3. The van der Waals surface area contributed by atoms with Crippen LogP contribution in [-0.4, -0.2) is 50.4 Å². The summed E-state index contributed by atoms with van der Waals surface area (Å²) in [7, 11) is 0. The van der Waals surface area contributed by atoms with Crippen molar-refractivity contribution in [2.75, 3.05) is 53.7 Å². The minimum atomic E-state index is -0.0948. The molecule has 6 nitrogen and oxygen atoms in total. The molecule has 2 aliphatic heterocycles. The Morgan fingerprint density at radius 3 is 2.61 bits per heavy atom. The van der Waals surface area contributed by atoms with Crippen molar-refractivity contribution in [1.29, 1.82) is 0 Å². The second-order valence-corrected chi connectivity index (χ2v) is 7.76. The number of fused-ring (bicyclic) bond motifs is 1. The number of para-hydroxylation sites is 1. The number of ether oxygens (including phenoxy) is 1. The standard InChI is InChI=1S/C21H23N3O3S/c25-20(9-10-24-18-3-1-2-4-19(18)28-15-21(24)26)22-16-5-7-17(8-6-16)23-11-13-27-14-12-23/h1-8H,9-15H2,(H,22,25). The van der Waals surface area contributed by atoms with Gasteiger partial charge in [-0.1, -0.05) is 12.1 Å². The van der Waals surface area contributed by atoms with Crippen molar-refractivity contribution in [2.45, 2.75) is 11.3 Å². The van der Waals surface area contributed by atoms with Gasteiger partial charge in [0, 0.05) is 42.3 Å². The lowest BCUT2D eigenvalue weighted by Gasteiger charge is -2.29. The van der Waals surface area contributed by atoms with Gasteiger partial charge >= 0.3 is 0 Å². The van der Waals surface area contributed by atoms with Crippen molar-refractivity contribution in [3.8, 4) is 0 Å². The maximum absolute atomic E-state index is 12.4. The first-order valence-electron chi connectivity index (χ1n) is 9.45. The monoisotopic (exact) mass is 397 g/mol. The van der Waals surface area contributed by atoms with Crippen molar-refractivity contribution in [3.63, 3.8) is 0 Å². The minimum absolute atomic E-state index is 0.0476. The smallest absolute Gasteiger partial charge is 0.237 e. The molecule has 1 fully saturated rings. The molecule has 2 amide bonds. The van der Waals surface area contributed by atoms with Crippen LogP contribution in [0, 0.1) is 0 Å². The lowest BCUT2D eigenvalue weighted by atomic mass is 10.2. The van der Waals surface area contributed by atoms with E-state index in [9.17, 15) is 9.59 Å². The molecule has 0 unspecified atom stereocenters. The number of carbonyl (C=O) groups is 2. The average molecular weight is 398 g/mol. The number of morpholine rings is 1. The summed E-state index contributed by atoms with van der Waals surface area (Å²) in [6, 6.07) is 15.7. The number of thioether (sulfide) groups is 1. The number of carbonyl (C=O) groups excluding carboxylic acids is 2. The summed E-state index contributed by atoms with van der Waals surface area (Å²) in [5.74, 6) is 0.371. The fraction of sp³-hybridized carbons (Fsp3) is 0.333. The normalized spacial score (nSPS) is 16.6. The number of hydrogen-bond acceptors (Lipinski definition) is 5. The number of nitrogens with one attached hydrogen (secondary N) is 1. The molecular formula is C21H23N3O3S. The molecule has 0 saturated carbocycles. The van der Waals surface area contributed by atoms with Gasteiger partial charge in [-0.15, -0.1) is 11.8 Å². The largest absolute Gasteiger partial charge is 0.378 e. The van der Waals surface area contributed by atoms with Gasteiger partial charge in [-0.2, -0.15) is 0 Å². The fourth-order valence-corrected chi connectivity index (χ4v) is 4.35. The van der Waals surface area contributed by atoms with Crippen molar-refractivity contribution in [2.24, 2.45) is 0 Å². The predicted molar refractivity (Wildman–Crippen MR) is 112 cm³/mol. The molecule has 28 heavy (non-hydrogen) atoms. The van der Waals surface area contributed by atoms with E-state index >= 15 is 0 Å². The van der Waals surface area contributed by atoms with Gasteiger partial charge in [0.15, 0.2) is 0 Å². The zero-order valence-electron chi connectivity index (χ0n) is 15.6. The highest BCUT2D eigenvalue weighted by molar-refractivity contribution is 8.00. The second-order valence-electron chi connectivity index (χ2n) is 6.75. The van der Waals surface area contributed by atoms with Crippen LogP contribution >= 0.6 is 11.8 Å². The first-order chi connectivity index (χ1) is 13.7. The molecule has 7 heteroatoms. The molecule has 2 aromatic rings. The summed E-state index contributed by atoms with van der Waals surface area (Å²) in [6.07, 6.45) is 0.260. The highest BCUT2D eigenvalue weighted by atomic mass is 32.2. The van der Waals surface area contributed by atoms with E-state index in [4.69, 9.17) is 4.74 Å². The number of hydrogen-bond donors (Lipinski definition) is 1. The summed E-state index contributed by atoms with van der Waals surface area (Å²) in [5.41, 5.74) is 2.80. The summed E-state index contributed by atoms with van der Waals surface area (Å²) in [6.45, 7) is 3.64. The highest BCUT2D eigenvalue weighted by Gasteiger charge is 2.24. The third-order valence-corrected chi connectivity index (χ3v) is 5.95. The maximum atomic E-state index is 12.4. The van der Waals surface area contributed by atoms with E-state index in [-0.39, 0.29) is 18.2 Å².